The largest absolute Gasteiger partial charge is 0.334 e. The fourth-order valence-electron chi connectivity index (χ4n) is 2.47. The van der Waals surface area contributed by atoms with E-state index in [0.717, 1.165) is 36.9 Å². The first kappa shape index (κ1) is 14.0. The number of nitrogens with two attached hydrogens (primary N) is 1. The summed E-state index contributed by atoms with van der Waals surface area (Å²) < 4.78 is 5.33. The summed E-state index contributed by atoms with van der Waals surface area (Å²) in [6, 6.07) is 3.79. The SMILES string of the molecule is Cc1ncccc1-c1nc(C2(N)CCCC2)no1.Cl. The van der Waals surface area contributed by atoms with Gasteiger partial charge in [-0.1, -0.05) is 18.0 Å². The molecule has 0 radical (unpaired) electrons. The zero-order valence-electron chi connectivity index (χ0n) is 10.8. The van der Waals surface area contributed by atoms with Gasteiger partial charge in [0.2, 0.25) is 0 Å². The molecule has 6 heteroatoms. The number of hydrogen-bond donors (Lipinski definition) is 1. The van der Waals surface area contributed by atoms with E-state index < -0.39 is 5.54 Å². The van der Waals surface area contributed by atoms with Crippen LogP contribution in [0.4, 0.5) is 0 Å². The number of rotatable bonds is 2. The lowest BCUT2D eigenvalue weighted by Crippen LogP contribution is -2.34. The van der Waals surface area contributed by atoms with E-state index in [2.05, 4.69) is 15.1 Å². The Labute approximate surface area is 118 Å². The monoisotopic (exact) mass is 280 g/mol. The van der Waals surface area contributed by atoms with Crippen LogP contribution in [0.25, 0.3) is 11.5 Å². The van der Waals surface area contributed by atoms with Crippen LogP contribution in [0, 0.1) is 6.92 Å². The molecule has 0 aromatic carbocycles. The molecule has 0 unspecified atom stereocenters. The van der Waals surface area contributed by atoms with Crippen LogP contribution in [-0.2, 0) is 5.54 Å². The van der Waals surface area contributed by atoms with Crippen molar-refractivity contribution in [3.8, 4) is 11.5 Å². The molecule has 1 aliphatic rings. The number of pyridine rings is 1. The van der Waals surface area contributed by atoms with E-state index in [1.54, 1.807) is 6.20 Å². The number of halogens is 1. The minimum atomic E-state index is -0.405. The van der Waals surface area contributed by atoms with E-state index in [4.69, 9.17) is 10.3 Å². The Hall–Kier alpha value is -1.46. The van der Waals surface area contributed by atoms with Crippen LogP contribution in [0.15, 0.2) is 22.9 Å². The number of aryl methyl sites for hydroxylation is 1. The Balaban J connectivity index is 0.00000133. The van der Waals surface area contributed by atoms with E-state index in [0.29, 0.717) is 11.7 Å². The number of hydrogen-bond acceptors (Lipinski definition) is 5. The molecule has 2 N–H and O–H groups in total. The van der Waals surface area contributed by atoms with Crippen LogP contribution in [0.1, 0.15) is 37.2 Å². The van der Waals surface area contributed by atoms with E-state index in [1.165, 1.54) is 0 Å². The summed E-state index contributed by atoms with van der Waals surface area (Å²) >= 11 is 0. The first-order chi connectivity index (χ1) is 8.69. The molecule has 0 bridgehead atoms. The van der Waals surface area contributed by atoms with Crippen LogP contribution in [0.3, 0.4) is 0 Å². The Bertz CT molecular complexity index is 563. The van der Waals surface area contributed by atoms with Crippen LogP contribution in [0.5, 0.6) is 0 Å². The van der Waals surface area contributed by atoms with Crippen molar-refractivity contribution >= 4 is 12.4 Å². The van der Waals surface area contributed by atoms with Crippen molar-refractivity contribution < 1.29 is 4.52 Å². The highest BCUT2D eigenvalue weighted by molar-refractivity contribution is 5.85. The van der Waals surface area contributed by atoms with E-state index >= 15 is 0 Å². The molecule has 1 saturated carbocycles. The molecule has 3 rings (SSSR count). The molecule has 0 atom stereocenters. The summed E-state index contributed by atoms with van der Waals surface area (Å²) in [5, 5.41) is 4.05. The highest BCUT2D eigenvalue weighted by atomic mass is 35.5. The van der Waals surface area contributed by atoms with Gasteiger partial charge in [0.15, 0.2) is 5.82 Å². The third-order valence-corrected chi connectivity index (χ3v) is 3.60. The lowest BCUT2D eigenvalue weighted by Gasteiger charge is -2.17. The van der Waals surface area contributed by atoms with Gasteiger partial charge in [-0.3, -0.25) is 4.98 Å². The standard InChI is InChI=1S/C13H16N4O.ClH/c1-9-10(5-4-8-15-9)11-16-12(17-18-11)13(14)6-2-3-7-13;/h4-5,8H,2-3,6-7,14H2,1H3;1H. The maximum Gasteiger partial charge on any atom is 0.259 e. The molecular formula is C13H17ClN4O. The zero-order valence-corrected chi connectivity index (χ0v) is 11.6. The quantitative estimate of drug-likeness (QED) is 0.915. The molecule has 0 amide bonds. The van der Waals surface area contributed by atoms with E-state index in [9.17, 15) is 0 Å². The Morgan fingerprint density at radius 2 is 2.05 bits per heavy atom. The van der Waals surface area contributed by atoms with Crippen molar-refractivity contribution in [2.75, 3.05) is 0 Å². The van der Waals surface area contributed by atoms with Crippen molar-refractivity contribution in [1.82, 2.24) is 15.1 Å². The number of nitrogens with zero attached hydrogens (tertiary/aromatic N) is 3. The summed E-state index contributed by atoms with van der Waals surface area (Å²) in [5.41, 5.74) is 7.66. The van der Waals surface area contributed by atoms with Gasteiger partial charge in [-0.25, -0.2) is 0 Å². The third-order valence-electron chi connectivity index (χ3n) is 3.60. The summed E-state index contributed by atoms with van der Waals surface area (Å²) in [4.78, 5) is 8.67. The van der Waals surface area contributed by atoms with Crippen molar-refractivity contribution in [3.05, 3.63) is 29.8 Å². The molecule has 1 fully saturated rings. The fraction of sp³-hybridized carbons (Fsp3) is 0.462. The molecule has 1 aliphatic carbocycles. The van der Waals surface area contributed by atoms with Crippen molar-refractivity contribution in [2.24, 2.45) is 5.73 Å². The van der Waals surface area contributed by atoms with Gasteiger partial charge in [-0.05, 0) is 31.9 Å². The van der Waals surface area contributed by atoms with Crippen molar-refractivity contribution in [1.29, 1.82) is 0 Å². The minimum Gasteiger partial charge on any atom is -0.334 e. The molecule has 2 heterocycles. The summed E-state index contributed by atoms with van der Waals surface area (Å²) in [6.45, 7) is 1.92. The normalized spacial score (nSPS) is 17.2. The van der Waals surface area contributed by atoms with Gasteiger partial charge < -0.3 is 10.3 Å². The molecule has 2 aromatic rings. The Morgan fingerprint density at radius 1 is 1.32 bits per heavy atom. The molecule has 5 nitrogen and oxygen atoms in total. The molecule has 0 spiro atoms. The van der Waals surface area contributed by atoms with Gasteiger partial charge in [0.05, 0.1) is 11.1 Å². The lowest BCUT2D eigenvalue weighted by molar-refractivity contribution is 0.372. The number of aromatic nitrogens is 3. The van der Waals surface area contributed by atoms with Crippen molar-refractivity contribution in [2.45, 2.75) is 38.1 Å². The molecule has 0 aliphatic heterocycles. The second kappa shape index (κ2) is 5.27. The van der Waals surface area contributed by atoms with E-state index in [-0.39, 0.29) is 12.4 Å². The van der Waals surface area contributed by atoms with Crippen LogP contribution in [-0.4, -0.2) is 15.1 Å². The Morgan fingerprint density at radius 3 is 2.74 bits per heavy atom. The fourth-order valence-corrected chi connectivity index (χ4v) is 2.47. The maximum absolute atomic E-state index is 6.31. The van der Waals surface area contributed by atoms with E-state index in [1.807, 2.05) is 19.1 Å². The molecule has 0 saturated heterocycles. The summed E-state index contributed by atoms with van der Waals surface area (Å²) in [7, 11) is 0. The van der Waals surface area contributed by atoms with Crippen LogP contribution in [0.2, 0.25) is 0 Å². The van der Waals surface area contributed by atoms with Gasteiger partial charge >= 0.3 is 0 Å². The zero-order chi connectivity index (χ0) is 12.6. The second-order valence-corrected chi connectivity index (χ2v) is 4.92. The van der Waals surface area contributed by atoms with Crippen LogP contribution < -0.4 is 5.73 Å². The van der Waals surface area contributed by atoms with Gasteiger partial charge in [0.25, 0.3) is 5.89 Å². The first-order valence-electron chi connectivity index (χ1n) is 6.24. The molecule has 2 aromatic heterocycles. The third kappa shape index (κ3) is 2.48. The summed E-state index contributed by atoms with van der Waals surface area (Å²) in [6.07, 6.45) is 5.87. The second-order valence-electron chi connectivity index (χ2n) is 4.92. The lowest BCUT2D eigenvalue weighted by atomic mass is 9.99. The average molecular weight is 281 g/mol. The Kier molecular flexibility index (Phi) is 3.87. The van der Waals surface area contributed by atoms with Gasteiger partial charge in [0.1, 0.15) is 0 Å². The van der Waals surface area contributed by atoms with Gasteiger partial charge in [-0.2, -0.15) is 4.98 Å². The molecule has 102 valence electrons. The predicted octanol–water partition coefficient (Wildman–Crippen LogP) is 2.59. The smallest absolute Gasteiger partial charge is 0.259 e. The van der Waals surface area contributed by atoms with Gasteiger partial charge in [0, 0.05) is 11.9 Å². The van der Waals surface area contributed by atoms with Crippen molar-refractivity contribution in [3.63, 3.8) is 0 Å². The topological polar surface area (TPSA) is 77.8 Å². The molecular weight excluding hydrogens is 264 g/mol. The molecule has 19 heavy (non-hydrogen) atoms. The highest BCUT2D eigenvalue weighted by Crippen LogP contribution is 2.35. The van der Waals surface area contributed by atoms with Crippen LogP contribution >= 0.6 is 12.4 Å². The first-order valence-corrected chi connectivity index (χ1v) is 6.24. The van der Waals surface area contributed by atoms with Gasteiger partial charge in [-0.15, -0.1) is 12.4 Å². The minimum absolute atomic E-state index is 0. The average Bonchev–Trinajstić information content (AvgIpc) is 2.99. The highest BCUT2D eigenvalue weighted by Gasteiger charge is 2.36. The summed E-state index contributed by atoms with van der Waals surface area (Å²) in [5.74, 6) is 1.13. The maximum atomic E-state index is 6.31. The predicted molar refractivity (Wildman–Crippen MR) is 73.8 cm³/mol.